The molecule has 3 aromatic rings. The van der Waals surface area contributed by atoms with Gasteiger partial charge in [-0.15, -0.1) is 0 Å². The van der Waals surface area contributed by atoms with Gasteiger partial charge in [0.05, 0.1) is 12.1 Å². The summed E-state index contributed by atoms with van der Waals surface area (Å²) in [6.07, 6.45) is 7.28. The lowest BCUT2D eigenvalue weighted by Gasteiger charge is -2.13. The van der Waals surface area contributed by atoms with E-state index in [0.29, 0.717) is 5.69 Å². The molecule has 27 heavy (non-hydrogen) atoms. The third-order valence-electron chi connectivity index (χ3n) is 4.57. The lowest BCUT2D eigenvalue weighted by molar-refractivity contribution is 0.302. The van der Waals surface area contributed by atoms with Crippen molar-refractivity contribution in [1.29, 1.82) is 0 Å². The Bertz CT molecular complexity index is 866. The molecule has 0 atom stereocenters. The first-order chi connectivity index (χ1) is 13.3. The standard InChI is InChI=1S/C22H28N4O/c1-2-3-4-7-14-27-21-9-6-5-8-17(21)12-13-24-22-19-15-18(23)10-11-20(19)25-16-26-22/h5-6,8-11,15-16H,2-4,7,12-14,23H2,1H3,(H,24,25,26). The molecule has 0 aliphatic rings. The highest BCUT2D eigenvalue weighted by Gasteiger charge is 2.06. The zero-order valence-corrected chi connectivity index (χ0v) is 15.9. The number of nitrogens with one attached hydrogen (secondary N) is 1. The minimum atomic E-state index is 0.710. The number of aromatic nitrogens is 2. The summed E-state index contributed by atoms with van der Waals surface area (Å²) in [6, 6.07) is 13.9. The summed E-state index contributed by atoms with van der Waals surface area (Å²) in [5, 5.41) is 4.35. The second-order valence-electron chi connectivity index (χ2n) is 6.69. The van der Waals surface area contributed by atoms with Gasteiger partial charge in [0, 0.05) is 17.6 Å². The van der Waals surface area contributed by atoms with E-state index >= 15 is 0 Å². The molecule has 0 aliphatic carbocycles. The number of nitrogens with zero attached hydrogens (tertiary/aromatic N) is 2. The van der Waals surface area contributed by atoms with Crippen LogP contribution in [0, 0.1) is 0 Å². The number of unbranched alkanes of at least 4 members (excludes halogenated alkanes) is 3. The minimum absolute atomic E-state index is 0.710. The van der Waals surface area contributed by atoms with E-state index in [1.807, 2.05) is 24.3 Å². The minimum Gasteiger partial charge on any atom is -0.493 e. The molecule has 3 N–H and O–H groups in total. The molecule has 0 unspecified atom stereocenters. The molecule has 2 aromatic carbocycles. The van der Waals surface area contributed by atoms with Crippen molar-refractivity contribution >= 4 is 22.4 Å². The first-order valence-corrected chi connectivity index (χ1v) is 9.72. The predicted molar refractivity (Wildman–Crippen MR) is 112 cm³/mol. The molecule has 1 aromatic heterocycles. The van der Waals surface area contributed by atoms with Crippen molar-refractivity contribution in [3.8, 4) is 5.75 Å². The highest BCUT2D eigenvalue weighted by atomic mass is 16.5. The monoisotopic (exact) mass is 364 g/mol. The maximum absolute atomic E-state index is 6.00. The number of hydrogen-bond donors (Lipinski definition) is 2. The van der Waals surface area contributed by atoms with Crippen LogP contribution >= 0.6 is 0 Å². The Morgan fingerprint density at radius 2 is 1.93 bits per heavy atom. The zero-order valence-electron chi connectivity index (χ0n) is 15.9. The van der Waals surface area contributed by atoms with Crippen LogP contribution in [-0.4, -0.2) is 23.1 Å². The van der Waals surface area contributed by atoms with E-state index in [2.05, 4.69) is 40.4 Å². The Labute approximate surface area is 161 Å². The number of nitrogen functional groups attached to an aromatic ring is 1. The third kappa shape index (κ3) is 5.33. The SMILES string of the molecule is CCCCCCOc1ccccc1CCNc1ncnc2ccc(N)cc12. The first kappa shape index (κ1) is 19.0. The average molecular weight is 364 g/mol. The van der Waals surface area contributed by atoms with Gasteiger partial charge in [-0.25, -0.2) is 9.97 Å². The lowest BCUT2D eigenvalue weighted by Crippen LogP contribution is -2.09. The van der Waals surface area contributed by atoms with Crippen molar-refractivity contribution in [2.75, 3.05) is 24.2 Å². The molecule has 0 aliphatic heterocycles. The third-order valence-corrected chi connectivity index (χ3v) is 4.57. The average Bonchev–Trinajstić information content (AvgIpc) is 2.69. The topological polar surface area (TPSA) is 73.1 Å². The molecular formula is C22H28N4O. The zero-order chi connectivity index (χ0) is 18.9. The largest absolute Gasteiger partial charge is 0.493 e. The molecule has 5 heteroatoms. The molecule has 0 fully saturated rings. The van der Waals surface area contributed by atoms with E-state index in [0.717, 1.165) is 48.5 Å². The molecule has 3 rings (SSSR count). The second kappa shape index (κ2) is 9.76. The smallest absolute Gasteiger partial charge is 0.137 e. The highest BCUT2D eigenvalue weighted by Crippen LogP contribution is 2.23. The quantitative estimate of drug-likeness (QED) is 0.398. The van der Waals surface area contributed by atoms with Crippen LogP contribution in [0.3, 0.4) is 0 Å². The van der Waals surface area contributed by atoms with Gasteiger partial charge in [0.1, 0.15) is 17.9 Å². The van der Waals surface area contributed by atoms with Crippen LogP contribution in [0.1, 0.15) is 38.2 Å². The molecule has 142 valence electrons. The van der Waals surface area contributed by atoms with Crippen molar-refractivity contribution in [3.63, 3.8) is 0 Å². The predicted octanol–water partition coefficient (Wildman–Crippen LogP) is 4.83. The van der Waals surface area contributed by atoms with Gasteiger partial charge in [-0.1, -0.05) is 44.4 Å². The second-order valence-corrected chi connectivity index (χ2v) is 6.69. The summed E-state index contributed by atoms with van der Waals surface area (Å²) >= 11 is 0. The van der Waals surface area contributed by atoms with Crippen molar-refractivity contribution < 1.29 is 4.74 Å². The van der Waals surface area contributed by atoms with Crippen LogP contribution < -0.4 is 15.8 Å². The maximum Gasteiger partial charge on any atom is 0.137 e. The fourth-order valence-corrected chi connectivity index (χ4v) is 3.09. The van der Waals surface area contributed by atoms with Crippen LogP contribution in [0.5, 0.6) is 5.75 Å². The number of nitrogens with two attached hydrogens (primary N) is 1. The Kier molecular flexibility index (Phi) is 6.85. The van der Waals surface area contributed by atoms with Crippen LogP contribution in [0.4, 0.5) is 11.5 Å². The van der Waals surface area contributed by atoms with Gasteiger partial charge < -0.3 is 15.8 Å². The lowest BCUT2D eigenvalue weighted by atomic mass is 10.1. The van der Waals surface area contributed by atoms with Crippen LogP contribution in [0.2, 0.25) is 0 Å². The van der Waals surface area contributed by atoms with Crippen molar-refractivity contribution in [2.45, 2.75) is 39.0 Å². The molecule has 5 nitrogen and oxygen atoms in total. The number of fused-ring (bicyclic) bond motifs is 1. The van der Waals surface area contributed by atoms with Crippen LogP contribution in [0.25, 0.3) is 10.9 Å². The molecular weight excluding hydrogens is 336 g/mol. The van der Waals surface area contributed by atoms with Gasteiger partial charge in [-0.2, -0.15) is 0 Å². The summed E-state index contributed by atoms with van der Waals surface area (Å²) in [5.41, 5.74) is 8.71. The maximum atomic E-state index is 6.00. The van der Waals surface area contributed by atoms with Gasteiger partial charge in [-0.3, -0.25) is 0 Å². The number of benzene rings is 2. The van der Waals surface area contributed by atoms with Crippen LogP contribution in [-0.2, 0) is 6.42 Å². The van der Waals surface area contributed by atoms with Gasteiger partial charge in [0.2, 0.25) is 0 Å². The molecule has 0 radical (unpaired) electrons. The highest BCUT2D eigenvalue weighted by molar-refractivity contribution is 5.91. The van der Waals surface area contributed by atoms with E-state index in [4.69, 9.17) is 10.5 Å². The molecule has 0 spiro atoms. The number of para-hydroxylation sites is 1. The summed E-state index contributed by atoms with van der Waals surface area (Å²) in [7, 11) is 0. The van der Waals surface area contributed by atoms with Crippen molar-refractivity contribution in [1.82, 2.24) is 9.97 Å². The Morgan fingerprint density at radius 1 is 1.04 bits per heavy atom. The fourth-order valence-electron chi connectivity index (χ4n) is 3.09. The van der Waals surface area contributed by atoms with E-state index in [1.165, 1.54) is 24.8 Å². The van der Waals surface area contributed by atoms with Crippen LogP contribution in [0.15, 0.2) is 48.8 Å². The van der Waals surface area contributed by atoms with E-state index in [-0.39, 0.29) is 0 Å². The number of hydrogen-bond acceptors (Lipinski definition) is 5. The molecule has 0 amide bonds. The molecule has 0 saturated carbocycles. The normalized spacial score (nSPS) is 10.9. The Morgan fingerprint density at radius 3 is 2.81 bits per heavy atom. The number of ether oxygens (including phenoxy) is 1. The Balaban J connectivity index is 1.59. The number of rotatable bonds is 10. The number of anilines is 2. The summed E-state index contributed by atoms with van der Waals surface area (Å²) in [4.78, 5) is 8.66. The summed E-state index contributed by atoms with van der Waals surface area (Å²) in [5.74, 6) is 1.79. The molecule has 1 heterocycles. The van der Waals surface area contributed by atoms with E-state index < -0.39 is 0 Å². The van der Waals surface area contributed by atoms with Gasteiger partial charge in [0.15, 0.2) is 0 Å². The van der Waals surface area contributed by atoms with Crippen molar-refractivity contribution in [2.24, 2.45) is 0 Å². The van der Waals surface area contributed by atoms with Gasteiger partial charge >= 0.3 is 0 Å². The molecule has 0 bridgehead atoms. The first-order valence-electron chi connectivity index (χ1n) is 9.72. The van der Waals surface area contributed by atoms with E-state index in [1.54, 1.807) is 6.33 Å². The molecule has 0 saturated heterocycles. The fraction of sp³-hybridized carbons (Fsp3) is 0.364. The van der Waals surface area contributed by atoms with Crippen molar-refractivity contribution in [3.05, 3.63) is 54.4 Å². The Hall–Kier alpha value is -2.82. The summed E-state index contributed by atoms with van der Waals surface area (Å²) < 4.78 is 6.00. The van der Waals surface area contributed by atoms with Gasteiger partial charge in [-0.05, 0) is 42.7 Å². The van der Waals surface area contributed by atoms with Gasteiger partial charge in [0.25, 0.3) is 0 Å². The van der Waals surface area contributed by atoms with E-state index in [9.17, 15) is 0 Å². The summed E-state index contributed by atoms with van der Waals surface area (Å²) in [6.45, 7) is 3.76.